The highest BCUT2D eigenvalue weighted by Gasteiger charge is 1.90. The Balaban J connectivity index is 2.80. The summed E-state index contributed by atoms with van der Waals surface area (Å²) in [6.45, 7) is 5.17. The van der Waals surface area contributed by atoms with Crippen LogP contribution in [0.4, 0.5) is 0 Å². The Morgan fingerprint density at radius 3 is 2.45 bits per heavy atom. The molecule has 0 rings (SSSR count). The molecular weight excluding hydrogens is 176 g/mol. The van der Waals surface area contributed by atoms with Crippen LogP contribution in [0, 0.1) is 0 Å². The molecule has 4 heteroatoms. The Morgan fingerprint density at radius 1 is 1.18 bits per heavy atom. The molecule has 0 aliphatic rings. The van der Waals surface area contributed by atoms with Gasteiger partial charge in [0.05, 0.1) is 0 Å². The third kappa shape index (κ3) is 10.6. The standard InChI is InChI=1S/C7H18N2S2/c1-2-3-4-5-8-6-7-9(10)11/h8,10-11H,2-7H2,1H3. The molecule has 0 amide bonds. The van der Waals surface area contributed by atoms with Crippen molar-refractivity contribution in [3.05, 3.63) is 0 Å². The van der Waals surface area contributed by atoms with Crippen LogP contribution in [-0.4, -0.2) is 23.3 Å². The maximum Gasteiger partial charge on any atom is 0.0323 e. The van der Waals surface area contributed by atoms with Crippen LogP contribution >= 0.6 is 25.6 Å². The van der Waals surface area contributed by atoms with E-state index in [1.165, 1.54) is 19.3 Å². The van der Waals surface area contributed by atoms with Crippen LogP contribution < -0.4 is 5.32 Å². The monoisotopic (exact) mass is 194 g/mol. The maximum atomic E-state index is 4.00. The van der Waals surface area contributed by atoms with Gasteiger partial charge in [0, 0.05) is 13.1 Å². The predicted octanol–water partition coefficient (Wildman–Crippen LogP) is 1.76. The summed E-state index contributed by atoms with van der Waals surface area (Å²) in [4.78, 5) is 0. The van der Waals surface area contributed by atoms with E-state index < -0.39 is 0 Å². The quantitative estimate of drug-likeness (QED) is 0.423. The second kappa shape index (κ2) is 8.71. The SMILES string of the molecule is CCCCCNCCN(S)S. The smallest absolute Gasteiger partial charge is 0.0323 e. The molecule has 0 aliphatic heterocycles. The van der Waals surface area contributed by atoms with Gasteiger partial charge in [0.25, 0.3) is 0 Å². The van der Waals surface area contributed by atoms with Gasteiger partial charge < -0.3 is 5.32 Å². The van der Waals surface area contributed by atoms with E-state index >= 15 is 0 Å². The van der Waals surface area contributed by atoms with Crippen molar-refractivity contribution in [1.29, 1.82) is 0 Å². The van der Waals surface area contributed by atoms with Crippen LogP contribution in [0.5, 0.6) is 0 Å². The summed E-state index contributed by atoms with van der Waals surface area (Å²) in [5.74, 6) is 0. The van der Waals surface area contributed by atoms with Gasteiger partial charge in [-0.3, -0.25) is 0 Å². The van der Waals surface area contributed by atoms with E-state index in [4.69, 9.17) is 0 Å². The van der Waals surface area contributed by atoms with Crippen LogP contribution in [0.3, 0.4) is 0 Å². The molecule has 11 heavy (non-hydrogen) atoms. The number of hydrogen-bond donors (Lipinski definition) is 3. The van der Waals surface area contributed by atoms with Gasteiger partial charge in [0.15, 0.2) is 0 Å². The maximum absolute atomic E-state index is 4.00. The molecule has 0 heterocycles. The minimum atomic E-state index is 0.873. The number of hydrogen-bond acceptors (Lipinski definition) is 4. The van der Waals surface area contributed by atoms with Gasteiger partial charge in [-0.1, -0.05) is 45.4 Å². The Bertz CT molecular complexity index is 78.8. The number of unbranched alkanes of at least 4 members (excludes halogenated alkanes) is 2. The van der Waals surface area contributed by atoms with Gasteiger partial charge in [-0.25, -0.2) is 0 Å². The second-order valence-corrected chi connectivity index (χ2v) is 3.83. The molecule has 0 spiro atoms. The third-order valence-corrected chi connectivity index (χ3v) is 1.85. The van der Waals surface area contributed by atoms with Crippen molar-refractivity contribution < 1.29 is 0 Å². The molecule has 2 nitrogen and oxygen atoms in total. The largest absolute Gasteiger partial charge is 0.315 e. The molecular formula is C7H18N2S2. The van der Waals surface area contributed by atoms with Crippen molar-refractivity contribution in [3.63, 3.8) is 0 Å². The summed E-state index contributed by atoms with van der Waals surface area (Å²) in [6.07, 6.45) is 3.88. The Hall–Kier alpha value is 0.620. The Morgan fingerprint density at radius 2 is 1.91 bits per heavy atom. The molecule has 0 fully saturated rings. The summed E-state index contributed by atoms with van der Waals surface area (Å²) in [5, 5.41) is 3.31. The molecule has 0 bridgehead atoms. The summed E-state index contributed by atoms with van der Waals surface area (Å²) in [6, 6.07) is 0. The van der Waals surface area contributed by atoms with E-state index in [2.05, 4.69) is 37.9 Å². The molecule has 0 saturated heterocycles. The highest BCUT2D eigenvalue weighted by Crippen LogP contribution is 1.94. The molecule has 0 unspecified atom stereocenters. The highest BCUT2D eigenvalue weighted by atomic mass is 32.2. The lowest BCUT2D eigenvalue weighted by molar-refractivity contribution is 0.588. The van der Waals surface area contributed by atoms with Crippen molar-refractivity contribution >= 4 is 25.6 Å². The molecule has 0 aromatic rings. The zero-order valence-corrected chi connectivity index (χ0v) is 8.87. The summed E-state index contributed by atoms with van der Waals surface area (Å²) in [7, 11) is 0. The average Bonchev–Trinajstić information content (AvgIpc) is 1.96. The van der Waals surface area contributed by atoms with E-state index in [9.17, 15) is 0 Å². The van der Waals surface area contributed by atoms with Crippen molar-refractivity contribution in [3.8, 4) is 0 Å². The van der Waals surface area contributed by atoms with E-state index in [-0.39, 0.29) is 0 Å². The molecule has 0 atom stereocenters. The lowest BCUT2D eigenvalue weighted by atomic mass is 10.2. The first kappa shape index (κ1) is 11.6. The van der Waals surface area contributed by atoms with E-state index in [1.807, 2.05) is 0 Å². The number of thiol groups is 2. The van der Waals surface area contributed by atoms with Gasteiger partial charge >= 0.3 is 0 Å². The molecule has 0 saturated carbocycles. The van der Waals surface area contributed by atoms with Crippen LogP contribution in [0.15, 0.2) is 0 Å². The van der Waals surface area contributed by atoms with E-state index in [1.54, 1.807) is 3.71 Å². The lowest BCUT2D eigenvalue weighted by Crippen LogP contribution is -2.23. The van der Waals surface area contributed by atoms with Crippen LogP contribution in [0.25, 0.3) is 0 Å². The molecule has 0 aromatic heterocycles. The van der Waals surface area contributed by atoms with Crippen LogP contribution in [0.2, 0.25) is 0 Å². The normalized spacial score (nSPS) is 10.9. The first-order chi connectivity index (χ1) is 5.27. The summed E-state index contributed by atoms with van der Waals surface area (Å²) in [5.41, 5.74) is 0. The minimum absolute atomic E-state index is 0.873. The van der Waals surface area contributed by atoms with Gasteiger partial charge in [0.1, 0.15) is 0 Å². The van der Waals surface area contributed by atoms with Crippen molar-refractivity contribution in [2.24, 2.45) is 0 Å². The molecule has 1 N–H and O–H groups in total. The topological polar surface area (TPSA) is 15.3 Å². The van der Waals surface area contributed by atoms with Gasteiger partial charge in [-0.15, -0.1) is 0 Å². The summed E-state index contributed by atoms with van der Waals surface area (Å²) >= 11 is 8.00. The van der Waals surface area contributed by atoms with Gasteiger partial charge in [0.2, 0.25) is 0 Å². The minimum Gasteiger partial charge on any atom is -0.315 e. The molecule has 0 radical (unpaired) electrons. The van der Waals surface area contributed by atoms with Crippen molar-refractivity contribution in [1.82, 2.24) is 9.03 Å². The first-order valence-electron chi connectivity index (χ1n) is 4.13. The second-order valence-electron chi connectivity index (χ2n) is 2.55. The lowest BCUT2D eigenvalue weighted by Gasteiger charge is -2.07. The van der Waals surface area contributed by atoms with Crippen molar-refractivity contribution in [2.45, 2.75) is 26.2 Å². The Labute approximate surface area is 80.8 Å². The molecule has 0 aromatic carbocycles. The van der Waals surface area contributed by atoms with Crippen molar-refractivity contribution in [2.75, 3.05) is 19.6 Å². The number of rotatable bonds is 7. The fourth-order valence-corrected chi connectivity index (χ4v) is 1.00. The number of nitrogens with one attached hydrogen (secondary N) is 1. The predicted molar refractivity (Wildman–Crippen MR) is 57.1 cm³/mol. The van der Waals surface area contributed by atoms with Crippen LogP contribution in [-0.2, 0) is 0 Å². The summed E-state index contributed by atoms with van der Waals surface area (Å²) < 4.78 is 1.59. The third-order valence-electron chi connectivity index (χ3n) is 1.45. The zero-order valence-electron chi connectivity index (χ0n) is 7.08. The Kier molecular flexibility index (Phi) is 9.21. The zero-order chi connectivity index (χ0) is 8.53. The molecule has 0 aliphatic carbocycles. The first-order valence-corrected chi connectivity index (χ1v) is 4.93. The van der Waals surface area contributed by atoms with E-state index in [0.29, 0.717) is 0 Å². The molecule has 68 valence electrons. The van der Waals surface area contributed by atoms with E-state index in [0.717, 1.165) is 19.6 Å². The number of nitrogens with zero attached hydrogens (tertiary/aromatic N) is 1. The fourth-order valence-electron chi connectivity index (χ4n) is 0.804. The average molecular weight is 194 g/mol. The fraction of sp³-hybridized carbons (Fsp3) is 1.00. The highest BCUT2D eigenvalue weighted by molar-refractivity contribution is 7.93. The van der Waals surface area contributed by atoms with Gasteiger partial charge in [-0.2, -0.15) is 3.71 Å². The van der Waals surface area contributed by atoms with Crippen LogP contribution in [0.1, 0.15) is 26.2 Å². The van der Waals surface area contributed by atoms with Gasteiger partial charge in [-0.05, 0) is 13.0 Å².